The van der Waals surface area contributed by atoms with Crippen LogP contribution in [0.1, 0.15) is 11.4 Å². The smallest absolute Gasteiger partial charge is 0.175 e. The first-order chi connectivity index (χ1) is 9.36. The van der Waals surface area contributed by atoms with Crippen LogP contribution in [-0.4, -0.2) is 31.1 Å². The molecule has 0 spiro atoms. The van der Waals surface area contributed by atoms with Gasteiger partial charge in [0.1, 0.15) is 12.4 Å². The molecule has 6 heteroatoms. The van der Waals surface area contributed by atoms with Gasteiger partial charge in [0.15, 0.2) is 9.84 Å². The highest BCUT2D eigenvalue weighted by Gasteiger charge is 2.08. The number of hydrogen-bond acceptors (Lipinski definition) is 4. The fourth-order valence-electron chi connectivity index (χ4n) is 1.95. The van der Waals surface area contributed by atoms with Crippen molar-refractivity contribution < 1.29 is 13.2 Å². The Labute approximate surface area is 119 Å². The maximum absolute atomic E-state index is 11.5. The van der Waals surface area contributed by atoms with Crippen molar-refractivity contribution in [2.45, 2.75) is 25.3 Å². The molecule has 108 valence electrons. The minimum absolute atomic E-state index is 0.265. The minimum atomic E-state index is -3.20. The van der Waals surface area contributed by atoms with Gasteiger partial charge >= 0.3 is 0 Å². The van der Waals surface area contributed by atoms with Crippen LogP contribution in [0.4, 0.5) is 0 Å². The monoisotopic (exact) mass is 294 g/mol. The Morgan fingerprint density at radius 3 is 2.60 bits per heavy atom. The average molecular weight is 294 g/mol. The molecule has 20 heavy (non-hydrogen) atoms. The molecule has 0 unspecified atom stereocenters. The lowest BCUT2D eigenvalue weighted by Gasteiger charge is -2.08. The molecule has 0 aliphatic heterocycles. The van der Waals surface area contributed by atoms with E-state index in [1.807, 2.05) is 24.6 Å². The molecule has 0 aliphatic rings. The van der Waals surface area contributed by atoms with E-state index in [4.69, 9.17) is 4.74 Å². The molecule has 1 aromatic carbocycles. The van der Waals surface area contributed by atoms with Crippen molar-refractivity contribution in [1.82, 2.24) is 9.78 Å². The Morgan fingerprint density at radius 2 is 2.00 bits per heavy atom. The van der Waals surface area contributed by atoms with E-state index in [-0.39, 0.29) is 4.90 Å². The van der Waals surface area contributed by atoms with Crippen molar-refractivity contribution in [3.05, 3.63) is 41.7 Å². The lowest BCUT2D eigenvalue weighted by Crippen LogP contribution is -2.11. The summed E-state index contributed by atoms with van der Waals surface area (Å²) in [7, 11) is -3.20. The Hall–Kier alpha value is -1.82. The van der Waals surface area contributed by atoms with Crippen LogP contribution in [0.2, 0.25) is 0 Å². The third kappa shape index (κ3) is 3.60. The minimum Gasteiger partial charge on any atom is -0.492 e. The molecule has 0 fully saturated rings. The predicted molar refractivity (Wildman–Crippen MR) is 76.7 cm³/mol. The second-order valence-electron chi connectivity index (χ2n) is 4.75. The van der Waals surface area contributed by atoms with E-state index in [0.717, 1.165) is 11.4 Å². The van der Waals surface area contributed by atoms with Crippen molar-refractivity contribution in [2.75, 3.05) is 12.9 Å². The van der Waals surface area contributed by atoms with Gasteiger partial charge in [0.25, 0.3) is 0 Å². The van der Waals surface area contributed by atoms with E-state index >= 15 is 0 Å². The molecule has 0 radical (unpaired) electrons. The highest BCUT2D eigenvalue weighted by Crippen LogP contribution is 2.17. The predicted octanol–water partition coefficient (Wildman–Crippen LogP) is 1.98. The average Bonchev–Trinajstić information content (AvgIpc) is 2.67. The summed E-state index contributed by atoms with van der Waals surface area (Å²) < 4.78 is 30.4. The topological polar surface area (TPSA) is 61.2 Å². The molecular weight excluding hydrogens is 276 g/mol. The highest BCUT2D eigenvalue weighted by molar-refractivity contribution is 7.90. The van der Waals surface area contributed by atoms with Gasteiger partial charge in [-0.3, -0.25) is 4.68 Å². The lowest BCUT2D eigenvalue weighted by atomic mass is 10.3. The van der Waals surface area contributed by atoms with Gasteiger partial charge in [0, 0.05) is 11.9 Å². The molecule has 0 aliphatic carbocycles. The van der Waals surface area contributed by atoms with Crippen molar-refractivity contribution in [3.8, 4) is 5.75 Å². The Balaban J connectivity index is 2.00. The summed E-state index contributed by atoms with van der Waals surface area (Å²) in [5.41, 5.74) is 2.05. The van der Waals surface area contributed by atoms with Crippen LogP contribution in [0.25, 0.3) is 0 Å². The number of nitrogens with zero attached hydrogens (tertiary/aromatic N) is 2. The Morgan fingerprint density at radius 1 is 1.25 bits per heavy atom. The van der Waals surface area contributed by atoms with E-state index in [9.17, 15) is 8.42 Å². The highest BCUT2D eigenvalue weighted by atomic mass is 32.2. The maximum atomic E-state index is 11.5. The molecule has 2 rings (SSSR count). The fraction of sp³-hybridized carbons (Fsp3) is 0.357. The van der Waals surface area contributed by atoms with Crippen LogP contribution in [0.3, 0.4) is 0 Å². The first-order valence-electron chi connectivity index (χ1n) is 6.30. The molecule has 2 aromatic rings. The van der Waals surface area contributed by atoms with E-state index in [1.165, 1.54) is 12.3 Å². The van der Waals surface area contributed by atoms with E-state index in [1.54, 1.807) is 18.2 Å². The first-order valence-corrected chi connectivity index (χ1v) is 8.19. The molecule has 1 heterocycles. The molecule has 0 saturated carbocycles. The third-order valence-electron chi connectivity index (χ3n) is 2.91. The summed E-state index contributed by atoms with van der Waals surface area (Å²) in [6.45, 7) is 5.00. The third-order valence-corrected chi connectivity index (χ3v) is 4.02. The van der Waals surface area contributed by atoms with Gasteiger partial charge in [0.05, 0.1) is 17.1 Å². The molecule has 0 atom stereocenters. The van der Waals surface area contributed by atoms with Crippen molar-refractivity contribution in [3.63, 3.8) is 0 Å². The van der Waals surface area contributed by atoms with Crippen LogP contribution >= 0.6 is 0 Å². The summed E-state index contributed by atoms with van der Waals surface area (Å²) in [4.78, 5) is 0.265. The molecule has 5 nitrogen and oxygen atoms in total. The van der Waals surface area contributed by atoms with E-state index in [0.29, 0.717) is 18.9 Å². The van der Waals surface area contributed by atoms with Gasteiger partial charge in [-0.2, -0.15) is 5.10 Å². The van der Waals surface area contributed by atoms with E-state index in [2.05, 4.69) is 5.10 Å². The second-order valence-corrected chi connectivity index (χ2v) is 6.76. The van der Waals surface area contributed by atoms with Crippen molar-refractivity contribution in [1.29, 1.82) is 0 Å². The fourth-order valence-corrected chi connectivity index (χ4v) is 2.60. The normalized spacial score (nSPS) is 11.6. The van der Waals surface area contributed by atoms with Gasteiger partial charge in [-0.25, -0.2) is 8.42 Å². The number of aromatic nitrogens is 2. The number of benzene rings is 1. The van der Waals surface area contributed by atoms with Crippen LogP contribution in [0, 0.1) is 13.8 Å². The van der Waals surface area contributed by atoms with Crippen LogP contribution in [0.5, 0.6) is 5.75 Å². The summed E-state index contributed by atoms with van der Waals surface area (Å²) >= 11 is 0. The zero-order valence-corrected chi connectivity index (χ0v) is 12.6. The number of hydrogen-bond donors (Lipinski definition) is 0. The number of aryl methyl sites for hydroxylation is 2. The van der Waals surface area contributed by atoms with Crippen LogP contribution < -0.4 is 4.74 Å². The molecule has 0 N–H and O–H groups in total. The van der Waals surface area contributed by atoms with Gasteiger partial charge in [-0.05, 0) is 38.1 Å². The van der Waals surface area contributed by atoms with Crippen LogP contribution in [-0.2, 0) is 16.4 Å². The van der Waals surface area contributed by atoms with Crippen molar-refractivity contribution in [2.24, 2.45) is 0 Å². The first kappa shape index (κ1) is 14.6. The zero-order chi connectivity index (χ0) is 14.8. The number of ether oxygens (including phenoxy) is 1. The van der Waals surface area contributed by atoms with Crippen LogP contribution in [0.15, 0.2) is 35.2 Å². The molecule has 0 amide bonds. The quantitative estimate of drug-likeness (QED) is 0.846. The zero-order valence-electron chi connectivity index (χ0n) is 11.8. The van der Waals surface area contributed by atoms with Gasteiger partial charge in [-0.15, -0.1) is 0 Å². The SMILES string of the molecule is Cc1cc(C)n(CCOc2cccc(S(C)(=O)=O)c2)n1. The lowest BCUT2D eigenvalue weighted by molar-refractivity contribution is 0.289. The maximum Gasteiger partial charge on any atom is 0.175 e. The summed E-state index contributed by atoms with van der Waals surface area (Å²) in [5, 5.41) is 4.34. The van der Waals surface area contributed by atoms with Gasteiger partial charge in [0.2, 0.25) is 0 Å². The standard InChI is InChI=1S/C14H18N2O3S/c1-11-9-12(2)16(15-11)7-8-19-13-5-4-6-14(10-13)20(3,17)18/h4-6,9-10H,7-8H2,1-3H3. The number of sulfone groups is 1. The molecular formula is C14H18N2O3S. The summed E-state index contributed by atoms with van der Waals surface area (Å²) in [5.74, 6) is 0.550. The second kappa shape index (κ2) is 5.66. The summed E-state index contributed by atoms with van der Waals surface area (Å²) in [6.07, 6.45) is 1.18. The summed E-state index contributed by atoms with van der Waals surface area (Å²) in [6, 6.07) is 8.52. The molecule has 1 aromatic heterocycles. The molecule has 0 saturated heterocycles. The van der Waals surface area contributed by atoms with Gasteiger partial charge < -0.3 is 4.74 Å². The van der Waals surface area contributed by atoms with Gasteiger partial charge in [-0.1, -0.05) is 6.07 Å². The largest absolute Gasteiger partial charge is 0.492 e. The van der Waals surface area contributed by atoms with Crippen molar-refractivity contribution >= 4 is 9.84 Å². The molecule has 0 bridgehead atoms. The Kier molecular flexibility index (Phi) is 4.13. The number of rotatable bonds is 5. The van der Waals surface area contributed by atoms with E-state index < -0.39 is 9.84 Å². The Bertz CT molecular complexity index is 705.